The monoisotopic (exact) mass is 290 g/mol. The van der Waals surface area contributed by atoms with Crippen LogP contribution in [0, 0.1) is 11.3 Å². The highest BCUT2D eigenvalue weighted by Crippen LogP contribution is 2.35. The van der Waals surface area contributed by atoms with Crippen molar-refractivity contribution in [3.05, 3.63) is 59.2 Å². The Morgan fingerprint density at radius 2 is 2.09 bits per heavy atom. The van der Waals surface area contributed by atoms with E-state index in [0.29, 0.717) is 23.4 Å². The lowest BCUT2D eigenvalue weighted by Crippen LogP contribution is -2.03. The number of amides is 1. The SMILES string of the molecule is CCOc1ccccc1/C=C1/C(=O)Nc2cc(C#N)ccc21. The minimum atomic E-state index is -0.170. The van der Waals surface area contributed by atoms with Gasteiger partial charge in [-0.1, -0.05) is 24.3 Å². The zero-order chi connectivity index (χ0) is 15.5. The van der Waals surface area contributed by atoms with Gasteiger partial charge in [0, 0.05) is 16.7 Å². The first kappa shape index (κ1) is 13.9. The number of hydrogen-bond acceptors (Lipinski definition) is 3. The summed E-state index contributed by atoms with van der Waals surface area (Å²) < 4.78 is 5.59. The Balaban J connectivity index is 2.07. The van der Waals surface area contributed by atoms with Crippen LogP contribution in [0.2, 0.25) is 0 Å². The Kier molecular flexibility index (Phi) is 3.63. The van der Waals surface area contributed by atoms with E-state index in [9.17, 15) is 4.79 Å². The lowest BCUT2D eigenvalue weighted by molar-refractivity contribution is -0.110. The van der Waals surface area contributed by atoms with E-state index in [1.807, 2.05) is 37.3 Å². The number of carbonyl (C=O) groups excluding carboxylic acids is 1. The summed E-state index contributed by atoms with van der Waals surface area (Å²) >= 11 is 0. The first-order chi connectivity index (χ1) is 10.7. The molecule has 0 aliphatic carbocycles. The third-order valence-corrected chi connectivity index (χ3v) is 3.45. The summed E-state index contributed by atoms with van der Waals surface area (Å²) in [5, 5.41) is 11.7. The largest absolute Gasteiger partial charge is 0.493 e. The molecule has 0 saturated heterocycles. The van der Waals surface area contributed by atoms with Crippen molar-refractivity contribution < 1.29 is 9.53 Å². The van der Waals surface area contributed by atoms with Crippen molar-refractivity contribution in [1.29, 1.82) is 5.26 Å². The summed E-state index contributed by atoms with van der Waals surface area (Å²) in [5.74, 6) is 0.573. The molecule has 0 aromatic heterocycles. The Morgan fingerprint density at radius 3 is 2.86 bits per heavy atom. The topological polar surface area (TPSA) is 62.1 Å². The molecular formula is C18H14N2O2. The van der Waals surface area contributed by atoms with E-state index in [1.54, 1.807) is 18.2 Å². The van der Waals surface area contributed by atoms with Crippen LogP contribution in [0.3, 0.4) is 0 Å². The molecule has 4 heteroatoms. The lowest BCUT2D eigenvalue weighted by atomic mass is 10.0. The molecular weight excluding hydrogens is 276 g/mol. The van der Waals surface area contributed by atoms with Crippen LogP contribution in [0.5, 0.6) is 5.75 Å². The highest BCUT2D eigenvalue weighted by Gasteiger charge is 2.24. The Labute approximate surface area is 128 Å². The van der Waals surface area contributed by atoms with Gasteiger partial charge in [-0.15, -0.1) is 0 Å². The summed E-state index contributed by atoms with van der Waals surface area (Å²) in [6, 6.07) is 14.8. The van der Waals surface area contributed by atoms with Crippen LogP contribution in [0.15, 0.2) is 42.5 Å². The first-order valence-corrected chi connectivity index (χ1v) is 7.02. The van der Waals surface area contributed by atoms with E-state index in [0.717, 1.165) is 16.9 Å². The highest BCUT2D eigenvalue weighted by atomic mass is 16.5. The molecule has 2 aromatic rings. The Morgan fingerprint density at radius 1 is 1.27 bits per heavy atom. The number of nitrogens with zero attached hydrogens (tertiary/aromatic N) is 1. The number of ether oxygens (including phenoxy) is 1. The van der Waals surface area contributed by atoms with Crippen LogP contribution in [0.25, 0.3) is 11.6 Å². The number of fused-ring (bicyclic) bond motifs is 1. The van der Waals surface area contributed by atoms with Gasteiger partial charge in [-0.25, -0.2) is 0 Å². The summed E-state index contributed by atoms with van der Waals surface area (Å²) in [5.41, 5.74) is 3.42. The average molecular weight is 290 g/mol. The van der Waals surface area contributed by atoms with Crippen LogP contribution in [-0.4, -0.2) is 12.5 Å². The molecule has 0 fully saturated rings. The van der Waals surface area contributed by atoms with Gasteiger partial charge in [0.15, 0.2) is 0 Å². The van der Waals surface area contributed by atoms with Crippen LogP contribution in [-0.2, 0) is 4.79 Å². The maximum absolute atomic E-state index is 12.2. The smallest absolute Gasteiger partial charge is 0.256 e. The molecule has 0 unspecified atom stereocenters. The van der Waals surface area contributed by atoms with E-state index in [1.165, 1.54) is 0 Å². The Hall–Kier alpha value is -3.06. The number of anilines is 1. The number of para-hydroxylation sites is 1. The predicted octanol–water partition coefficient (Wildman–Crippen LogP) is 3.45. The summed E-state index contributed by atoms with van der Waals surface area (Å²) in [4.78, 5) is 12.2. The fraction of sp³-hybridized carbons (Fsp3) is 0.111. The fourth-order valence-corrected chi connectivity index (χ4v) is 2.45. The van der Waals surface area contributed by atoms with Crippen LogP contribution < -0.4 is 10.1 Å². The van der Waals surface area contributed by atoms with Gasteiger partial charge >= 0.3 is 0 Å². The number of nitrogens with one attached hydrogen (secondary N) is 1. The number of carbonyl (C=O) groups is 1. The van der Waals surface area contributed by atoms with E-state index in [4.69, 9.17) is 10.00 Å². The number of benzene rings is 2. The van der Waals surface area contributed by atoms with Gasteiger partial charge in [-0.2, -0.15) is 5.26 Å². The molecule has 1 aliphatic rings. The summed E-state index contributed by atoms with van der Waals surface area (Å²) in [6.07, 6.45) is 1.82. The molecule has 0 atom stereocenters. The van der Waals surface area contributed by atoms with Crippen molar-refractivity contribution in [1.82, 2.24) is 0 Å². The maximum Gasteiger partial charge on any atom is 0.256 e. The normalized spacial score (nSPS) is 14.4. The van der Waals surface area contributed by atoms with E-state index in [-0.39, 0.29) is 5.91 Å². The predicted molar refractivity (Wildman–Crippen MR) is 85.3 cm³/mol. The Bertz CT molecular complexity index is 816. The minimum absolute atomic E-state index is 0.170. The van der Waals surface area contributed by atoms with Crippen LogP contribution in [0.1, 0.15) is 23.6 Å². The zero-order valence-electron chi connectivity index (χ0n) is 12.1. The van der Waals surface area contributed by atoms with E-state index >= 15 is 0 Å². The van der Waals surface area contributed by atoms with Gasteiger partial charge in [0.25, 0.3) is 5.91 Å². The molecule has 4 nitrogen and oxygen atoms in total. The molecule has 0 saturated carbocycles. The number of nitriles is 1. The molecule has 1 N–H and O–H groups in total. The van der Waals surface area contributed by atoms with Crippen molar-refractivity contribution >= 4 is 23.2 Å². The van der Waals surface area contributed by atoms with Crippen molar-refractivity contribution in [2.75, 3.05) is 11.9 Å². The highest BCUT2D eigenvalue weighted by molar-refractivity contribution is 6.35. The number of hydrogen-bond donors (Lipinski definition) is 1. The summed E-state index contributed by atoms with van der Waals surface area (Å²) in [7, 11) is 0. The first-order valence-electron chi connectivity index (χ1n) is 7.02. The van der Waals surface area contributed by atoms with Crippen molar-refractivity contribution in [2.45, 2.75) is 6.92 Å². The second kappa shape index (κ2) is 5.74. The van der Waals surface area contributed by atoms with Crippen molar-refractivity contribution in [3.8, 4) is 11.8 Å². The molecule has 22 heavy (non-hydrogen) atoms. The van der Waals surface area contributed by atoms with Gasteiger partial charge < -0.3 is 10.1 Å². The van der Waals surface area contributed by atoms with Gasteiger partial charge in [0.1, 0.15) is 5.75 Å². The van der Waals surface area contributed by atoms with Gasteiger partial charge in [0.2, 0.25) is 0 Å². The third kappa shape index (κ3) is 2.45. The second-order valence-electron chi connectivity index (χ2n) is 4.86. The van der Waals surface area contributed by atoms with Gasteiger partial charge in [0.05, 0.1) is 23.9 Å². The summed E-state index contributed by atoms with van der Waals surface area (Å²) in [6.45, 7) is 2.49. The maximum atomic E-state index is 12.2. The molecule has 2 aromatic carbocycles. The lowest BCUT2D eigenvalue weighted by Gasteiger charge is -2.07. The molecule has 3 rings (SSSR count). The molecule has 1 heterocycles. The van der Waals surface area contributed by atoms with Crippen molar-refractivity contribution in [3.63, 3.8) is 0 Å². The fourth-order valence-electron chi connectivity index (χ4n) is 2.45. The zero-order valence-corrected chi connectivity index (χ0v) is 12.1. The van der Waals surface area contributed by atoms with Crippen LogP contribution >= 0.6 is 0 Å². The van der Waals surface area contributed by atoms with Gasteiger partial charge in [-0.05, 0) is 31.2 Å². The minimum Gasteiger partial charge on any atom is -0.493 e. The molecule has 0 bridgehead atoms. The molecule has 1 aliphatic heterocycles. The molecule has 0 radical (unpaired) electrons. The molecule has 0 spiro atoms. The number of rotatable bonds is 3. The average Bonchev–Trinajstić information content (AvgIpc) is 2.84. The standard InChI is InChI=1S/C18H14N2O2/c1-2-22-17-6-4-3-5-13(17)10-15-14-8-7-12(11-19)9-16(14)20-18(15)21/h3-10H,2H2,1H3,(H,20,21)/b15-10+. The van der Waals surface area contributed by atoms with Crippen LogP contribution in [0.4, 0.5) is 5.69 Å². The van der Waals surface area contributed by atoms with Gasteiger partial charge in [-0.3, -0.25) is 4.79 Å². The van der Waals surface area contributed by atoms with E-state index in [2.05, 4.69) is 11.4 Å². The van der Waals surface area contributed by atoms with E-state index < -0.39 is 0 Å². The second-order valence-corrected chi connectivity index (χ2v) is 4.86. The molecule has 108 valence electrons. The third-order valence-electron chi connectivity index (χ3n) is 3.45. The quantitative estimate of drug-likeness (QED) is 0.881. The molecule has 1 amide bonds. The van der Waals surface area contributed by atoms with Crippen molar-refractivity contribution in [2.24, 2.45) is 0 Å².